The number of methoxy groups -OCH3 is 2. The lowest BCUT2D eigenvalue weighted by molar-refractivity contribution is 0.415. The Bertz CT molecular complexity index is 1070. The molecule has 0 amide bonds. The lowest BCUT2D eigenvalue weighted by Crippen LogP contribution is -2.22. The summed E-state index contributed by atoms with van der Waals surface area (Å²) in [6.45, 7) is 0. The highest BCUT2D eigenvalue weighted by Gasteiger charge is 2.21. The summed E-state index contributed by atoms with van der Waals surface area (Å²) in [6, 6.07) is 32.3. The van der Waals surface area contributed by atoms with Gasteiger partial charge in [0.05, 0.1) is 14.2 Å². The van der Waals surface area contributed by atoms with Crippen molar-refractivity contribution in [3.8, 4) is 28.4 Å². The molecule has 30 heavy (non-hydrogen) atoms. The molecular weight excluding hydrogens is 391 g/mol. The maximum atomic E-state index is 10.5. The first-order chi connectivity index (χ1) is 14.7. The van der Waals surface area contributed by atoms with Crippen LogP contribution < -0.4 is 25.4 Å². The first-order valence-corrected chi connectivity index (χ1v) is 11.0. The van der Waals surface area contributed by atoms with Gasteiger partial charge in [0, 0.05) is 5.56 Å². The molecule has 3 nitrogen and oxygen atoms in total. The van der Waals surface area contributed by atoms with E-state index < -0.39 is 7.92 Å². The molecule has 0 aromatic heterocycles. The summed E-state index contributed by atoms with van der Waals surface area (Å²) in [4.78, 5) is 0. The normalized spacial score (nSPS) is 10.8. The number of para-hydroxylation sites is 1. The number of benzene rings is 4. The van der Waals surface area contributed by atoms with E-state index in [2.05, 4.69) is 42.5 Å². The van der Waals surface area contributed by atoms with Gasteiger partial charge in [-0.2, -0.15) is 0 Å². The van der Waals surface area contributed by atoms with Crippen LogP contribution in [0.25, 0.3) is 11.1 Å². The molecule has 4 aromatic carbocycles. The van der Waals surface area contributed by atoms with E-state index in [1.54, 1.807) is 20.3 Å². The first kappa shape index (κ1) is 20.0. The lowest BCUT2D eigenvalue weighted by atomic mass is 10.0. The van der Waals surface area contributed by atoms with Gasteiger partial charge in [-0.15, -0.1) is 0 Å². The van der Waals surface area contributed by atoms with Crippen LogP contribution in [0.1, 0.15) is 0 Å². The van der Waals surface area contributed by atoms with Crippen molar-refractivity contribution >= 4 is 23.8 Å². The molecule has 0 fully saturated rings. The maximum Gasteiger partial charge on any atom is 0.123 e. The molecule has 0 radical (unpaired) electrons. The molecule has 0 saturated heterocycles. The smallest absolute Gasteiger partial charge is 0.123 e. The summed E-state index contributed by atoms with van der Waals surface area (Å²) < 4.78 is 10.7. The van der Waals surface area contributed by atoms with Crippen LogP contribution >= 0.6 is 7.92 Å². The minimum Gasteiger partial charge on any atom is -0.507 e. The molecule has 0 spiro atoms. The fraction of sp³-hybridized carbons (Fsp3) is 0.0769. The molecule has 0 unspecified atom stereocenters. The summed E-state index contributed by atoms with van der Waals surface area (Å²) in [7, 11) is 2.49. The average molecular weight is 414 g/mol. The van der Waals surface area contributed by atoms with Crippen LogP contribution in [-0.2, 0) is 0 Å². The van der Waals surface area contributed by atoms with E-state index in [4.69, 9.17) is 9.47 Å². The molecule has 0 saturated carbocycles. The summed E-state index contributed by atoms with van der Waals surface area (Å²) in [6.07, 6.45) is 0. The fourth-order valence-electron chi connectivity index (χ4n) is 3.49. The van der Waals surface area contributed by atoms with Gasteiger partial charge in [0.2, 0.25) is 0 Å². The van der Waals surface area contributed by atoms with Crippen LogP contribution in [0.3, 0.4) is 0 Å². The number of hydrogen-bond acceptors (Lipinski definition) is 3. The molecule has 1 N–H and O–H groups in total. The Morgan fingerprint density at radius 2 is 1.03 bits per heavy atom. The predicted molar refractivity (Wildman–Crippen MR) is 125 cm³/mol. The van der Waals surface area contributed by atoms with Crippen molar-refractivity contribution in [1.82, 2.24) is 0 Å². The molecule has 4 heteroatoms. The summed E-state index contributed by atoms with van der Waals surface area (Å²) in [5.74, 6) is 1.94. The van der Waals surface area contributed by atoms with Crippen molar-refractivity contribution in [3.63, 3.8) is 0 Å². The molecule has 0 atom stereocenters. The van der Waals surface area contributed by atoms with Crippen LogP contribution in [-0.4, -0.2) is 19.3 Å². The Morgan fingerprint density at radius 3 is 1.53 bits per heavy atom. The van der Waals surface area contributed by atoms with E-state index in [1.165, 1.54) is 15.9 Å². The van der Waals surface area contributed by atoms with E-state index in [1.807, 2.05) is 48.5 Å². The van der Waals surface area contributed by atoms with Crippen LogP contribution in [0, 0.1) is 0 Å². The number of hydrogen-bond donors (Lipinski definition) is 1. The van der Waals surface area contributed by atoms with Crippen molar-refractivity contribution in [1.29, 1.82) is 0 Å². The molecule has 4 aromatic rings. The number of rotatable bonds is 6. The molecule has 0 heterocycles. The monoisotopic (exact) mass is 414 g/mol. The van der Waals surface area contributed by atoms with E-state index in [9.17, 15) is 5.11 Å². The molecular formula is C26H23O3P. The minimum atomic E-state index is -0.860. The van der Waals surface area contributed by atoms with Gasteiger partial charge in [-0.25, -0.2) is 0 Å². The van der Waals surface area contributed by atoms with Gasteiger partial charge < -0.3 is 14.6 Å². The van der Waals surface area contributed by atoms with Gasteiger partial charge in [0.25, 0.3) is 0 Å². The SMILES string of the molecule is COc1ccc(P(c2ccc(OC)cc2)c2ccccc2-c2ccccc2O)cc1. The summed E-state index contributed by atoms with van der Waals surface area (Å²) >= 11 is 0. The van der Waals surface area contributed by atoms with E-state index in [0.29, 0.717) is 0 Å². The average Bonchev–Trinajstić information content (AvgIpc) is 2.81. The van der Waals surface area contributed by atoms with Crippen LogP contribution in [0.5, 0.6) is 17.2 Å². The van der Waals surface area contributed by atoms with Crippen LogP contribution in [0.15, 0.2) is 97.1 Å². The number of aromatic hydroxyl groups is 1. The summed E-state index contributed by atoms with van der Waals surface area (Å²) in [5, 5.41) is 14.1. The standard InChI is InChI=1S/C26H23O3P/c1-28-19-11-15-21(16-12-19)30(22-17-13-20(29-2)14-18-22)26-10-6-4-8-24(26)23-7-3-5-9-25(23)27/h3-18,27H,1-2H3. The third-order valence-corrected chi connectivity index (χ3v) is 7.50. The second-order valence-corrected chi connectivity index (χ2v) is 8.95. The zero-order valence-electron chi connectivity index (χ0n) is 16.9. The van der Waals surface area contributed by atoms with Gasteiger partial charge in [-0.1, -0.05) is 66.7 Å². The number of ether oxygens (including phenoxy) is 2. The largest absolute Gasteiger partial charge is 0.507 e. The maximum absolute atomic E-state index is 10.5. The third kappa shape index (κ3) is 4.03. The Balaban J connectivity index is 1.91. The molecule has 0 aliphatic carbocycles. The number of phenols is 1. The quantitative estimate of drug-likeness (QED) is 0.459. The molecule has 0 aliphatic heterocycles. The Hall–Kier alpha value is -3.29. The molecule has 150 valence electrons. The van der Waals surface area contributed by atoms with Crippen LogP contribution in [0.4, 0.5) is 0 Å². The van der Waals surface area contributed by atoms with Gasteiger partial charge in [-0.3, -0.25) is 0 Å². The van der Waals surface area contributed by atoms with Crippen molar-refractivity contribution < 1.29 is 14.6 Å². The van der Waals surface area contributed by atoms with Gasteiger partial charge in [-0.05, 0) is 59.7 Å². The topological polar surface area (TPSA) is 38.7 Å². The van der Waals surface area contributed by atoms with E-state index in [0.717, 1.165) is 22.6 Å². The lowest BCUT2D eigenvalue weighted by Gasteiger charge is -2.23. The predicted octanol–water partition coefficient (Wildman–Crippen LogP) is 4.83. The fourth-order valence-corrected chi connectivity index (χ4v) is 5.91. The Morgan fingerprint density at radius 1 is 0.567 bits per heavy atom. The van der Waals surface area contributed by atoms with Crippen molar-refractivity contribution in [2.24, 2.45) is 0 Å². The Kier molecular flexibility index (Phi) is 6.02. The van der Waals surface area contributed by atoms with Crippen LogP contribution in [0.2, 0.25) is 0 Å². The second-order valence-electron chi connectivity index (χ2n) is 6.77. The zero-order chi connectivity index (χ0) is 20.9. The third-order valence-electron chi connectivity index (χ3n) is 5.00. The highest BCUT2D eigenvalue weighted by atomic mass is 31.1. The van der Waals surface area contributed by atoms with Gasteiger partial charge in [0.15, 0.2) is 0 Å². The number of phenolic OH excluding ortho intramolecular Hbond substituents is 1. The first-order valence-electron chi connectivity index (χ1n) is 9.67. The highest BCUT2D eigenvalue weighted by Crippen LogP contribution is 2.39. The van der Waals surface area contributed by atoms with Gasteiger partial charge >= 0.3 is 0 Å². The second kappa shape index (κ2) is 9.02. The molecule has 0 aliphatic rings. The van der Waals surface area contributed by atoms with Crippen molar-refractivity contribution in [3.05, 3.63) is 97.1 Å². The highest BCUT2D eigenvalue weighted by molar-refractivity contribution is 7.80. The summed E-state index contributed by atoms with van der Waals surface area (Å²) in [5.41, 5.74) is 1.87. The van der Waals surface area contributed by atoms with E-state index in [-0.39, 0.29) is 5.75 Å². The zero-order valence-corrected chi connectivity index (χ0v) is 17.8. The van der Waals surface area contributed by atoms with Gasteiger partial charge in [0.1, 0.15) is 17.2 Å². The molecule has 0 bridgehead atoms. The van der Waals surface area contributed by atoms with Crippen molar-refractivity contribution in [2.45, 2.75) is 0 Å². The Labute approximate surface area is 178 Å². The van der Waals surface area contributed by atoms with Crippen molar-refractivity contribution in [2.75, 3.05) is 14.2 Å². The molecule has 4 rings (SSSR count). The van der Waals surface area contributed by atoms with E-state index >= 15 is 0 Å². The minimum absolute atomic E-state index is 0.282.